The average Bonchev–Trinajstić information content (AvgIpc) is 3.05. The van der Waals surface area contributed by atoms with Crippen molar-refractivity contribution in [2.45, 2.75) is 45.1 Å². The Bertz CT molecular complexity index is 688. The zero-order valence-corrected chi connectivity index (χ0v) is 12.8. The second-order valence-corrected chi connectivity index (χ2v) is 6.15. The summed E-state index contributed by atoms with van der Waals surface area (Å²) in [6.45, 7) is 2.64. The van der Waals surface area contributed by atoms with E-state index in [2.05, 4.69) is 31.2 Å². The van der Waals surface area contributed by atoms with Gasteiger partial charge < -0.3 is 5.73 Å². The first-order chi connectivity index (χ1) is 10.1. The van der Waals surface area contributed by atoms with E-state index in [0.717, 1.165) is 24.1 Å². The van der Waals surface area contributed by atoms with E-state index in [9.17, 15) is 4.79 Å². The maximum atomic E-state index is 12.5. The second kappa shape index (κ2) is 5.43. The molecule has 2 aromatic rings. The molecule has 0 saturated heterocycles. The number of hydrogen-bond acceptors (Lipinski definition) is 2. The van der Waals surface area contributed by atoms with Crippen LogP contribution < -0.4 is 11.3 Å². The van der Waals surface area contributed by atoms with Crippen molar-refractivity contribution >= 4 is 5.69 Å². The highest BCUT2D eigenvalue weighted by Crippen LogP contribution is 2.35. The Kier molecular flexibility index (Phi) is 3.62. The molecule has 1 aliphatic rings. The predicted octanol–water partition coefficient (Wildman–Crippen LogP) is 2.78. The monoisotopic (exact) mass is 285 g/mol. The van der Waals surface area contributed by atoms with Gasteiger partial charge in [0, 0.05) is 13.0 Å². The van der Waals surface area contributed by atoms with Gasteiger partial charge in [-0.25, -0.2) is 4.68 Å². The molecular formula is C17H23N3O. The van der Waals surface area contributed by atoms with Crippen molar-refractivity contribution in [2.24, 2.45) is 7.05 Å². The first kappa shape index (κ1) is 14.0. The van der Waals surface area contributed by atoms with Crippen LogP contribution in [0.1, 0.15) is 48.4 Å². The maximum Gasteiger partial charge on any atom is 0.290 e. The van der Waals surface area contributed by atoms with Crippen molar-refractivity contribution in [1.82, 2.24) is 9.36 Å². The minimum Gasteiger partial charge on any atom is -0.393 e. The summed E-state index contributed by atoms with van der Waals surface area (Å²) in [5, 5.41) is 0. The van der Waals surface area contributed by atoms with Gasteiger partial charge in [0.05, 0.1) is 12.2 Å². The highest BCUT2D eigenvalue weighted by molar-refractivity contribution is 5.44. The van der Waals surface area contributed by atoms with Crippen LogP contribution in [0.25, 0.3) is 0 Å². The van der Waals surface area contributed by atoms with Gasteiger partial charge in [-0.2, -0.15) is 0 Å². The molecule has 21 heavy (non-hydrogen) atoms. The van der Waals surface area contributed by atoms with Gasteiger partial charge in [0.2, 0.25) is 0 Å². The van der Waals surface area contributed by atoms with E-state index in [0.29, 0.717) is 18.2 Å². The van der Waals surface area contributed by atoms with E-state index in [1.54, 1.807) is 4.68 Å². The summed E-state index contributed by atoms with van der Waals surface area (Å²) in [6, 6.07) is 8.29. The molecular weight excluding hydrogens is 262 g/mol. The molecule has 2 N–H and O–H groups in total. The van der Waals surface area contributed by atoms with Crippen LogP contribution in [0.5, 0.6) is 0 Å². The van der Waals surface area contributed by atoms with Crippen LogP contribution in [0.3, 0.4) is 0 Å². The van der Waals surface area contributed by atoms with E-state index in [4.69, 9.17) is 5.73 Å². The summed E-state index contributed by atoms with van der Waals surface area (Å²) in [5.74, 6) is 0.446. The zero-order valence-electron chi connectivity index (χ0n) is 12.8. The molecule has 0 spiro atoms. The fourth-order valence-electron chi connectivity index (χ4n) is 3.42. The number of aryl methyl sites for hydroxylation is 1. The Morgan fingerprint density at radius 3 is 2.43 bits per heavy atom. The minimum absolute atomic E-state index is 0.0556. The quantitative estimate of drug-likeness (QED) is 0.942. The molecule has 3 rings (SSSR count). The van der Waals surface area contributed by atoms with Gasteiger partial charge in [-0.15, -0.1) is 0 Å². The lowest BCUT2D eigenvalue weighted by Crippen LogP contribution is -2.23. The number of nitrogen functional groups attached to an aromatic ring is 1. The number of benzene rings is 1. The molecule has 1 fully saturated rings. The highest BCUT2D eigenvalue weighted by Gasteiger charge is 2.26. The third kappa shape index (κ3) is 2.50. The van der Waals surface area contributed by atoms with E-state index in [1.807, 2.05) is 11.7 Å². The molecule has 0 unspecified atom stereocenters. The van der Waals surface area contributed by atoms with Gasteiger partial charge >= 0.3 is 0 Å². The number of rotatable bonds is 3. The average molecular weight is 285 g/mol. The van der Waals surface area contributed by atoms with Gasteiger partial charge in [-0.3, -0.25) is 9.48 Å². The first-order valence-corrected chi connectivity index (χ1v) is 7.68. The van der Waals surface area contributed by atoms with Crippen LogP contribution in [-0.4, -0.2) is 9.36 Å². The molecule has 4 nitrogen and oxygen atoms in total. The minimum atomic E-state index is -0.0556. The Hall–Kier alpha value is -1.97. The maximum absolute atomic E-state index is 12.5. The summed E-state index contributed by atoms with van der Waals surface area (Å²) in [6.07, 6.45) is 4.76. The zero-order chi connectivity index (χ0) is 15.0. The fourth-order valence-corrected chi connectivity index (χ4v) is 3.42. The molecule has 1 aliphatic carbocycles. The van der Waals surface area contributed by atoms with Crippen LogP contribution >= 0.6 is 0 Å². The summed E-state index contributed by atoms with van der Waals surface area (Å²) >= 11 is 0. The van der Waals surface area contributed by atoms with Gasteiger partial charge in [0.25, 0.3) is 5.56 Å². The fraction of sp³-hybridized carbons (Fsp3) is 0.471. The molecule has 4 heteroatoms. The van der Waals surface area contributed by atoms with Gasteiger partial charge in [0.1, 0.15) is 5.69 Å². The number of nitrogens with two attached hydrogens (primary N) is 1. The van der Waals surface area contributed by atoms with Crippen molar-refractivity contribution < 1.29 is 0 Å². The molecule has 0 aliphatic heterocycles. The number of aromatic nitrogens is 2. The lowest BCUT2D eigenvalue weighted by Gasteiger charge is -2.14. The molecule has 0 radical (unpaired) electrons. The van der Waals surface area contributed by atoms with Crippen molar-refractivity contribution in [3.63, 3.8) is 0 Å². The number of hydrogen-bond donors (Lipinski definition) is 1. The van der Waals surface area contributed by atoms with Crippen LogP contribution in [0.15, 0.2) is 29.1 Å². The van der Waals surface area contributed by atoms with Crippen LogP contribution in [-0.2, 0) is 13.6 Å². The lowest BCUT2D eigenvalue weighted by atomic mass is 10.0. The van der Waals surface area contributed by atoms with Crippen molar-refractivity contribution in [3.8, 4) is 0 Å². The summed E-state index contributed by atoms with van der Waals surface area (Å²) in [4.78, 5) is 12.5. The van der Waals surface area contributed by atoms with Gasteiger partial charge in [-0.1, -0.05) is 42.7 Å². The SMILES string of the molecule is Cc1ccc(Cn2c(=O)c(N)c(C3CCCC3)n2C)cc1. The topological polar surface area (TPSA) is 52.9 Å². The molecule has 0 atom stereocenters. The first-order valence-electron chi connectivity index (χ1n) is 7.68. The highest BCUT2D eigenvalue weighted by atomic mass is 16.1. The molecule has 1 saturated carbocycles. The van der Waals surface area contributed by atoms with Crippen LogP contribution in [0.4, 0.5) is 5.69 Å². The van der Waals surface area contributed by atoms with Gasteiger partial charge in [0.15, 0.2) is 0 Å². The predicted molar refractivity (Wildman–Crippen MR) is 85.6 cm³/mol. The Labute approximate surface area is 125 Å². The van der Waals surface area contributed by atoms with E-state index < -0.39 is 0 Å². The number of nitrogens with zero attached hydrogens (tertiary/aromatic N) is 2. The largest absolute Gasteiger partial charge is 0.393 e. The third-order valence-corrected chi connectivity index (χ3v) is 4.65. The smallest absolute Gasteiger partial charge is 0.290 e. The van der Waals surface area contributed by atoms with E-state index in [1.165, 1.54) is 18.4 Å². The normalized spacial score (nSPS) is 15.7. The standard InChI is InChI=1S/C17H23N3O/c1-12-7-9-13(10-8-12)11-20-17(21)15(18)16(19(20)2)14-5-3-4-6-14/h7-10,14H,3-6,11,18H2,1-2H3. The van der Waals surface area contributed by atoms with Gasteiger partial charge in [-0.05, 0) is 25.3 Å². The summed E-state index contributed by atoms with van der Waals surface area (Å²) in [7, 11) is 1.96. The number of anilines is 1. The molecule has 1 aromatic carbocycles. The molecule has 0 bridgehead atoms. The van der Waals surface area contributed by atoms with Crippen LogP contribution in [0, 0.1) is 6.92 Å². The molecule has 0 amide bonds. The lowest BCUT2D eigenvalue weighted by molar-refractivity contribution is 0.498. The van der Waals surface area contributed by atoms with Crippen molar-refractivity contribution in [3.05, 3.63) is 51.4 Å². The van der Waals surface area contributed by atoms with Crippen molar-refractivity contribution in [1.29, 1.82) is 0 Å². The Morgan fingerprint density at radius 2 is 1.81 bits per heavy atom. The Balaban J connectivity index is 1.97. The van der Waals surface area contributed by atoms with Crippen LogP contribution in [0.2, 0.25) is 0 Å². The molecule has 1 aromatic heterocycles. The van der Waals surface area contributed by atoms with E-state index in [-0.39, 0.29) is 5.56 Å². The van der Waals surface area contributed by atoms with E-state index >= 15 is 0 Å². The van der Waals surface area contributed by atoms with Crippen molar-refractivity contribution in [2.75, 3.05) is 5.73 Å². The molecule has 112 valence electrons. The summed E-state index contributed by atoms with van der Waals surface area (Å²) < 4.78 is 3.74. The molecule has 1 heterocycles. The second-order valence-electron chi connectivity index (χ2n) is 6.15. The third-order valence-electron chi connectivity index (χ3n) is 4.65. The Morgan fingerprint density at radius 1 is 1.19 bits per heavy atom. The summed E-state index contributed by atoms with van der Waals surface area (Å²) in [5.41, 5.74) is 9.88.